The van der Waals surface area contributed by atoms with Crippen molar-refractivity contribution in [1.29, 1.82) is 0 Å². The largest absolute Gasteiger partial charge is 0.416 e. The number of aliphatic hydroxyl groups is 1. The molecule has 0 radical (unpaired) electrons. The first-order valence-corrected chi connectivity index (χ1v) is 9.68. The number of halogens is 3. The van der Waals surface area contributed by atoms with Gasteiger partial charge >= 0.3 is 12.2 Å². The Kier molecular flexibility index (Phi) is 7.28. The second-order valence-corrected chi connectivity index (χ2v) is 7.23. The van der Waals surface area contributed by atoms with Crippen molar-refractivity contribution >= 4 is 6.03 Å². The molecule has 1 aromatic carbocycles. The molecule has 9 heteroatoms. The molecule has 0 bridgehead atoms. The maximum absolute atomic E-state index is 12.7. The van der Waals surface area contributed by atoms with Gasteiger partial charge in [-0.2, -0.15) is 13.2 Å². The molecule has 1 saturated heterocycles. The lowest BCUT2D eigenvalue weighted by molar-refractivity contribution is -0.137. The molecule has 2 aromatic rings. The number of carbonyl (C=O) groups is 1. The van der Waals surface area contributed by atoms with Gasteiger partial charge < -0.3 is 20.1 Å². The van der Waals surface area contributed by atoms with Gasteiger partial charge in [0, 0.05) is 43.6 Å². The number of nitrogens with zero attached hydrogens (tertiary/aromatic N) is 2. The van der Waals surface area contributed by atoms with Crippen LogP contribution in [0.1, 0.15) is 22.8 Å². The number of aromatic nitrogens is 1. The van der Waals surface area contributed by atoms with E-state index in [4.69, 9.17) is 4.74 Å². The Balaban J connectivity index is 1.51. The normalized spacial score (nSPS) is 18.1. The molecule has 2 amide bonds. The van der Waals surface area contributed by atoms with Crippen LogP contribution in [0.2, 0.25) is 0 Å². The van der Waals surface area contributed by atoms with Crippen LogP contribution >= 0.6 is 0 Å². The predicted octanol–water partition coefficient (Wildman–Crippen LogP) is 3.03. The van der Waals surface area contributed by atoms with Gasteiger partial charge in [-0.15, -0.1) is 0 Å². The lowest BCUT2D eigenvalue weighted by Gasteiger charge is -2.33. The highest BCUT2D eigenvalue weighted by atomic mass is 19.4. The standard InChI is InChI=1S/C21H24F3N3O3/c22-21(23,24)18-5-3-15(4-6-18)10-16(14-28)11-26-20(29)27-8-9-30-19(13-27)17-2-1-7-25-12-17/h1-7,12,16,19,28H,8-11,13-14H2,(H,26,29). The first-order chi connectivity index (χ1) is 14.4. The minimum absolute atomic E-state index is 0.192. The van der Waals surface area contributed by atoms with Crippen LogP contribution in [0, 0.1) is 5.92 Å². The maximum atomic E-state index is 12.7. The van der Waals surface area contributed by atoms with Crippen molar-refractivity contribution in [3.63, 3.8) is 0 Å². The first-order valence-electron chi connectivity index (χ1n) is 9.68. The summed E-state index contributed by atoms with van der Waals surface area (Å²) in [5, 5.41) is 12.4. The van der Waals surface area contributed by atoms with E-state index in [2.05, 4.69) is 10.3 Å². The van der Waals surface area contributed by atoms with Gasteiger partial charge in [-0.1, -0.05) is 18.2 Å². The molecular weight excluding hydrogens is 399 g/mol. The molecule has 1 fully saturated rings. The smallest absolute Gasteiger partial charge is 0.396 e. The van der Waals surface area contributed by atoms with E-state index >= 15 is 0 Å². The Morgan fingerprint density at radius 3 is 2.70 bits per heavy atom. The first kappa shape index (κ1) is 22.0. The van der Waals surface area contributed by atoms with Crippen molar-refractivity contribution in [3.05, 3.63) is 65.5 Å². The van der Waals surface area contributed by atoms with Crippen LogP contribution in [0.15, 0.2) is 48.8 Å². The second-order valence-electron chi connectivity index (χ2n) is 7.23. The minimum atomic E-state index is -4.38. The Hall–Kier alpha value is -2.65. The fourth-order valence-corrected chi connectivity index (χ4v) is 3.31. The molecule has 1 aliphatic heterocycles. The van der Waals surface area contributed by atoms with E-state index in [0.717, 1.165) is 17.7 Å². The Morgan fingerprint density at radius 1 is 1.30 bits per heavy atom. The molecule has 2 N–H and O–H groups in total. The molecule has 1 aliphatic rings. The van der Waals surface area contributed by atoms with Gasteiger partial charge in [0.2, 0.25) is 0 Å². The number of amides is 2. The molecule has 30 heavy (non-hydrogen) atoms. The van der Waals surface area contributed by atoms with Crippen molar-refractivity contribution in [2.45, 2.75) is 18.7 Å². The highest BCUT2D eigenvalue weighted by molar-refractivity contribution is 5.74. The van der Waals surface area contributed by atoms with E-state index in [1.54, 1.807) is 17.3 Å². The van der Waals surface area contributed by atoms with Crippen LogP contribution in [0.3, 0.4) is 0 Å². The summed E-state index contributed by atoms with van der Waals surface area (Å²) in [6.45, 7) is 1.27. The van der Waals surface area contributed by atoms with Crippen LogP contribution in [0.4, 0.5) is 18.0 Å². The summed E-state index contributed by atoms with van der Waals surface area (Å²) in [5.41, 5.74) is 0.848. The highest BCUT2D eigenvalue weighted by Gasteiger charge is 2.30. The number of rotatable bonds is 6. The summed E-state index contributed by atoms with van der Waals surface area (Å²) < 4.78 is 43.7. The number of hydrogen-bond acceptors (Lipinski definition) is 4. The Morgan fingerprint density at radius 2 is 2.07 bits per heavy atom. The third kappa shape index (κ3) is 5.93. The van der Waals surface area contributed by atoms with Gasteiger partial charge in [0.1, 0.15) is 6.10 Å². The zero-order valence-electron chi connectivity index (χ0n) is 16.3. The third-order valence-electron chi connectivity index (χ3n) is 5.02. The van der Waals surface area contributed by atoms with Gasteiger partial charge in [-0.05, 0) is 30.2 Å². The van der Waals surface area contributed by atoms with Crippen molar-refractivity contribution in [2.75, 3.05) is 32.8 Å². The van der Waals surface area contributed by atoms with Crippen LogP contribution in [-0.4, -0.2) is 53.9 Å². The lowest BCUT2D eigenvalue weighted by Crippen LogP contribution is -2.48. The summed E-state index contributed by atoms with van der Waals surface area (Å²) in [4.78, 5) is 18.3. The molecule has 162 valence electrons. The quantitative estimate of drug-likeness (QED) is 0.749. The molecule has 2 unspecified atom stereocenters. The van der Waals surface area contributed by atoms with Gasteiger partial charge in [0.15, 0.2) is 0 Å². The van der Waals surface area contributed by atoms with E-state index < -0.39 is 11.7 Å². The van der Waals surface area contributed by atoms with E-state index in [1.165, 1.54) is 12.1 Å². The van der Waals surface area contributed by atoms with Crippen LogP contribution < -0.4 is 5.32 Å². The molecule has 0 aliphatic carbocycles. The zero-order valence-corrected chi connectivity index (χ0v) is 16.3. The number of aliphatic hydroxyl groups excluding tert-OH is 1. The number of alkyl halides is 3. The van der Waals surface area contributed by atoms with Gasteiger partial charge in [-0.3, -0.25) is 4.98 Å². The molecular formula is C21H24F3N3O3. The highest BCUT2D eigenvalue weighted by Crippen LogP contribution is 2.29. The van der Waals surface area contributed by atoms with Crippen molar-refractivity contribution in [3.8, 4) is 0 Å². The number of nitrogens with one attached hydrogen (secondary N) is 1. The molecule has 2 heterocycles. The summed E-state index contributed by atoms with van der Waals surface area (Å²) >= 11 is 0. The lowest BCUT2D eigenvalue weighted by atomic mass is 9.99. The van der Waals surface area contributed by atoms with Crippen LogP contribution in [-0.2, 0) is 17.3 Å². The van der Waals surface area contributed by atoms with Gasteiger partial charge in [-0.25, -0.2) is 4.79 Å². The topological polar surface area (TPSA) is 74.7 Å². The van der Waals surface area contributed by atoms with E-state index in [0.29, 0.717) is 31.7 Å². The van der Waals surface area contributed by atoms with Gasteiger partial charge in [0.25, 0.3) is 0 Å². The summed E-state index contributed by atoms with van der Waals surface area (Å²) in [6, 6.07) is 8.28. The number of carbonyl (C=O) groups excluding carboxylic acids is 1. The van der Waals surface area contributed by atoms with Crippen LogP contribution in [0.25, 0.3) is 0 Å². The van der Waals surface area contributed by atoms with E-state index in [1.807, 2.05) is 12.1 Å². The van der Waals surface area contributed by atoms with E-state index in [-0.39, 0.29) is 31.2 Å². The predicted molar refractivity (Wildman–Crippen MR) is 104 cm³/mol. The molecule has 6 nitrogen and oxygen atoms in total. The summed E-state index contributed by atoms with van der Waals surface area (Å²) in [6.07, 6.45) is -0.898. The Labute approximate surface area is 172 Å². The SMILES string of the molecule is O=C(NCC(CO)Cc1ccc(C(F)(F)F)cc1)N1CCOC(c2cccnc2)C1. The summed E-state index contributed by atoms with van der Waals surface area (Å²) in [5.74, 6) is -0.305. The van der Waals surface area contributed by atoms with E-state index in [9.17, 15) is 23.1 Å². The number of urea groups is 1. The third-order valence-corrected chi connectivity index (χ3v) is 5.02. The van der Waals surface area contributed by atoms with Crippen molar-refractivity contribution in [1.82, 2.24) is 15.2 Å². The monoisotopic (exact) mass is 423 g/mol. The molecule has 0 spiro atoms. The number of pyridine rings is 1. The van der Waals surface area contributed by atoms with Crippen LogP contribution in [0.5, 0.6) is 0 Å². The minimum Gasteiger partial charge on any atom is -0.396 e. The molecule has 2 atom stereocenters. The average molecular weight is 423 g/mol. The zero-order chi connectivity index (χ0) is 21.6. The maximum Gasteiger partial charge on any atom is 0.416 e. The number of hydrogen-bond donors (Lipinski definition) is 2. The molecule has 3 rings (SSSR count). The molecule has 1 aromatic heterocycles. The number of ether oxygens (including phenoxy) is 1. The fourth-order valence-electron chi connectivity index (χ4n) is 3.31. The number of benzene rings is 1. The van der Waals surface area contributed by atoms with Crippen molar-refractivity contribution in [2.24, 2.45) is 5.92 Å². The number of morpholine rings is 1. The molecule has 0 saturated carbocycles. The average Bonchev–Trinajstić information content (AvgIpc) is 2.76. The summed E-state index contributed by atoms with van der Waals surface area (Å²) in [7, 11) is 0. The van der Waals surface area contributed by atoms with Crippen molar-refractivity contribution < 1.29 is 27.8 Å². The van der Waals surface area contributed by atoms with Gasteiger partial charge in [0.05, 0.1) is 18.7 Å². The Bertz CT molecular complexity index is 816. The fraction of sp³-hybridized carbons (Fsp3) is 0.429. The second kappa shape index (κ2) is 9.90.